The number of amides is 1. The van der Waals surface area contributed by atoms with Crippen LogP contribution in [-0.2, 0) is 37.3 Å². The second kappa shape index (κ2) is 17.8. The fraction of sp³-hybridized carbons (Fsp3) is 0.372. The molecule has 53 heavy (non-hydrogen) atoms. The summed E-state index contributed by atoms with van der Waals surface area (Å²) in [5.41, 5.74) is 4.93. The van der Waals surface area contributed by atoms with Crippen molar-refractivity contribution in [3.05, 3.63) is 144 Å². The van der Waals surface area contributed by atoms with Crippen LogP contribution in [0.3, 0.4) is 0 Å². The van der Waals surface area contributed by atoms with Crippen LogP contribution in [0.15, 0.2) is 121 Å². The summed E-state index contributed by atoms with van der Waals surface area (Å²) in [4.78, 5) is 16.3. The molecule has 3 N–H and O–H groups in total. The van der Waals surface area contributed by atoms with Gasteiger partial charge in [0.2, 0.25) is 15.9 Å². The lowest BCUT2D eigenvalue weighted by Crippen LogP contribution is -2.47. The van der Waals surface area contributed by atoms with Crippen LogP contribution in [0.1, 0.15) is 72.8 Å². The van der Waals surface area contributed by atoms with Gasteiger partial charge in [-0.3, -0.25) is 9.69 Å². The van der Waals surface area contributed by atoms with E-state index in [-0.39, 0.29) is 36.0 Å². The number of benzene rings is 4. The smallest absolute Gasteiger partial charge is 0.242 e. The van der Waals surface area contributed by atoms with Gasteiger partial charge in [-0.1, -0.05) is 110 Å². The van der Waals surface area contributed by atoms with Crippen molar-refractivity contribution in [3.8, 4) is 0 Å². The highest BCUT2D eigenvalue weighted by Gasteiger charge is 2.40. The molecule has 6 rings (SSSR count). The molecular weight excluding hydrogens is 687 g/mol. The number of ether oxygens (including phenoxy) is 2. The second-order valence-corrected chi connectivity index (χ2v) is 16.0. The quantitative estimate of drug-likeness (QED) is 0.110. The molecule has 1 aliphatic carbocycles. The summed E-state index contributed by atoms with van der Waals surface area (Å²) in [5, 5.41) is 12.6. The number of aryl methyl sites for hydroxylation is 1. The average Bonchev–Trinajstić information content (AvgIpc) is 3.71. The Hall–Kier alpha value is -4.16. The van der Waals surface area contributed by atoms with Crippen LogP contribution in [-0.4, -0.2) is 55.6 Å². The zero-order valence-electron chi connectivity index (χ0n) is 30.6. The maximum atomic E-state index is 13.7. The zero-order chi connectivity index (χ0) is 37.4. The number of rotatable bonds is 15. The van der Waals surface area contributed by atoms with Crippen LogP contribution in [0.2, 0.25) is 0 Å². The van der Waals surface area contributed by atoms with Crippen molar-refractivity contribution in [1.29, 1.82) is 0 Å². The largest absolute Gasteiger partial charge is 0.392 e. The number of carbonyl (C=O) groups excluding carboxylic acids is 1. The van der Waals surface area contributed by atoms with E-state index in [4.69, 9.17) is 9.47 Å². The first kappa shape index (κ1) is 38.6. The minimum Gasteiger partial charge on any atom is -0.392 e. The van der Waals surface area contributed by atoms with Gasteiger partial charge in [-0.25, -0.2) is 8.42 Å². The van der Waals surface area contributed by atoms with Gasteiger partial charge in [0.1, 0.15) is 6.04 Å². The summed E-state index contributed by atoms with van der Waals surface area (Å²) in [5.74, 6) is -0.430. The van der Waals surface area contributed by atoms with Crippen molar-refractivity contribution in [2.24, 2.45) is 5.92 Å². The van der Waals surface area contributed by atoms with Gasteiger partial charge in [-0.2, -0.15) is 4.72 Å². The van der Waals surface area contributed by atoms with Crippen molar-refractivity contribution >= 4 is 21.6 Å². The van der Waals surface area contributed by atoms with E-state index in [1.54, 1.807) is 24.3 Å². The molecule has 2 fully saturated rings. The normalized spacial score (nSPS) is 21.4. The van der Waals surface area contributed by atoms with Gasteiger partial charge in [0, 0.05) is 36.3 Å². The highest BCUT2D eigenvalue weighted by Crippen LogP contribution is 2.42. The molecule has 0 bridgehead atoms. The predicted octanol–water partition coefficient (Wildman–Crippen LogP) is 7.24. The third-order valence-electron chi connectivity index (χ3n) is 10.4. The molecule has 0 unspecified atom stereocenters. The molecular formula is C43H51N3O6S. The molecule has 280 valence electrons. The van der Waals surface area contributed by atoms with Gasteiger partial charge in [-0.15, -0.1) is 6.58 Å². The van der Waals surface area contributed by atoms with E-state index in [9.17, 15) is 18.3 Å². The van der Waals surface area contributed by atoms with Gasteiger partial charge < -0.3 is 19.9 Å². The maximum Gasteiger partial charge on any atom is 0.242 e. The second-order valence-electron chi connectivity index (χ2n) is 14.3. The highest BCUT2D eigenvalue weighted by molar-refractivity contribution is 7.89. The van der Waals surface area contributed by atoms with E-state index < -0.39 is 28.3 Å². The zero-order valence-corrected chi connectivity index (χ0v) is 31.4. The van der Waals surface area contributed by atoms with E-state index in [0.717, 1.165) is 40.9 Å². The van der Waals surface area contributed by atoms with Crippen molar-refractivity contribution in [1.82, 2.24) is 9.62 Å². The molecule has 4 aromatic rings. The minimum atomic E-state index is -3.98. The molecule has 1 amide bonds. The lowest BCUT2D eigenvalue weighted by molar-refractivity contribution is -0.276. The summed E-state index contributed by atoms with van der Waals surface area (Å²) in [7, 11) is -3.98. The molecule has 1 saturated heterocycles. The Labute approximate surface area is 314 Å². The van der Waals surface area contributed by atoms with Crippen molar-refractivity contribution < 1.29 is 27.8 Å². The number of aliphatic hydroxyl groups is 1. The summed E-state index contributed by atoms with van der Waals surface area (Å²) < 4.78 is 42.8. The monoisotopic (exact) mass is 737 g/mol. The summed E-state index contributed by atoms with van der Waals surface area (Å²) in [6, 6.07) is 30.5. The van der Waals surface area contributed by atoms with Gasteiger partial charge in [0.25, 0.3) is 0 Å². The van der Waals surface area contributed by atoms with E-state index >= 15 is 0 Å². The van der Waals surface area contributed by atoms with E-state index in [1.165, 1.54) is 37.8 Å². The fourth-order valence-corrected chi connectivity index (χ4v) is 8.53. The molecule has 1 aliphatic heterocycles. The number of nitrogens with one attached hydrogen (secondary N) is 2. The van der Waals surface area contributed by atoms with Crippen molar-refractivity contribution in [2.75, 3.05) is 18.4 Å². The lowest BCUT2D eigenvalue weighted by atomic mass is 9.89. The number of carbonyl (C=O) groups is 1. The minimum absolute atomic E-state index is 0.0257. The van der Waals surface area contributed by atoms with E-state index in [2.05, 4.69) is 28.4 Å². The van der Waals surface area contributed by atoms with Crippen molar-refractivity contribution in [3.63, 3.8) is 0 Å². The van der Waals surface area contributed by atoms with Crippen LogP contribution in [0.25, 0.3) is 0 Å². The van der Waals surface area contributed by atoms with Crippen LogP contribution in [0, 0.1) is 12.8 Å². The number of hydrogen-bond donors (Lipinski definition) is 3. The van der Waals surface area contributed by atoms with Gasteiger partial charge in [0.15, 0.2) is 6.29 Å². The molecule has 1 heterocycles. The predicted molar refractivity (Wildman–Crippen MR) is 208 cm³/mol. The van der Waals surface area contributed by atoms with Gasteiger partial charge in [-0.05, 0) is 67.1 Å². The fourth-order valence-electron chi connectivity index (χ4n) is 7.33. The molecule has 5 atom stereocenters. The van der Waals surface area contributed by atoms with Gasteiger partial charge in [0.05, 0.1) is 23.7 Å². The Bertz CT molecular complexity index is 1900. The number of sulfonamides is 1. The third-order valence-corrected chi connectivity index (χ3v) is 11.9. The lowest BCUT2D eigenvalue weighted by Gasteiger charge is -2.43. The molecule has 1 saturated carbocycles. The Kier molecular flexibility index (Phi) is 12.9. The average molecular weight is 738 g/mol. The Morgan fingerprint density at radius 2 is 1.57 bits per heavy atom. The molecule has 0 aromatic heterocycles. The molecule has 9 nitrogen and oxygen atoms in total. The number of hydrogen-bond acceptors (Lipinski definition) is 7. The van der Waals surface area contributed by atoms with E-state index in [1.807, 2.05) is 79.7 Å². The van der Waals surface area contributed by atoms with Gasteiger partial charge >= 0.3 is 0 Å². The first-order chi connectivity index (χ1) is 25.6. The SMILES string of the molecule is C=CCN(C[C@@H]1O[C@H](c2ccc(NC(=O)[C@@H](Cc3ccccc3)NS(=O)(=O)c3ccc(C)cc3)cc2)O[C@H](c2ccc(CO)cc2)[C@@H]1C)C1CCCC1. The number of nitrogens with zero attached hydrogens (tertiary/aromatic N) is 1. The Morgan fingerprint density at radius 1 is 0.906 bits per heavy atom. The number of aliphatic hydroxyl groups excluding tert-OH is 1. The Balaban J connectivity index is 1.21. The molecule has 4 aromatic carbocycles. The van der Waals surface area contributed by atoms with Crippen LogP contribution < -0.4 is 10.0 Å². The first-order valence-corrected chi connectivity index (χ1v) is 20.0. The number of anilines is 1. The third kappa shape index (κ3) is 9.89. The first-order valence-electron chi connectivity index (χ1n) is 18.5. The van der Waals surface area contributed by atoms with Crippen LogP contribution in [0.5, 0.6) is 0 Å². The Morgan fingerprint density at radius 3 is 2.21 bits per heavy atom. The molecule has 10 heteroatoms. The summed E-state index contributed by atoms with van der Waals surface area (Å²) in [6.45, 7) is 9.60. The van der Waals surface area contributed by atoms with Crippen LogP contribution in [0.4, 0.5) is 5.69 Å². The summed E-state index contributed by atoms with van der Waals surface area (Å²) >= 11 is 0. The molecule has 0 spiro atoms. The highest BCUT2D eigenvalue weighted by atomic mass is 32.2. The van der Waals surface area contributed by atoms with E-state index in [0.29, 0.717) is 11.7 Å². The van der Waals surface area contributed by atoms with Crippen LogP contribution >= 0.6 is 0 Å². The summed E-state index contributed by atoms with van der Waals surface area (Å²) in [6.07, 6.45) is 5.92. The maximum absolute atomic E-state index is 13.7. The van der Waals surface area contributed by atoms with Crippen molar-refractivity contribution in [2.45, 2.75) is 88.0 Å². The molecule has 2 aliphatic rings. The standard InChI is InChI=1S/C43H51N3O6S/c1-4-26-46(37-12-8-9-13-37)28-40-31(3)41(34-18-16-33(29-47)17-19-34)52-43(51-40)35-20-22-36(23-21-35)44-42(48)39(27-32-10-6-5-7-11-32)45-53(49,50)38-24-14-30(2)15-25-38/h4-7,10-11,14-25,31,37,39-41,43,45,47H,1,8-9,12-13,26-29H2,2-3H3,(H,44,48)/t31-,39-,40+,41+,43+/m1/s1. The topological polar surface area (TPSA) is 117 Å². The molecule has 0 radical (unpaired) electrons.